The quantitative estimate of drug-likeness (QED) is 0.287. The molecule has 35 heavy (non-hydrogen) atoms. The number of amides is 2. The Labute approximate surface area is 217 Å². The molecule has 2 heterocycles. The predicted molar refractivity (Wildman–Crippen MR) is 149 cm³/mol. The molecule has 0 saturated carbocycles. The number of nitrogens with zero attached hydrogens (tertiary/aromatic N) is 2. The van der Waals surface area contributed by atoms with Gasteiger partial charge in [-0.3, -0.25) is 4.90 Å². The van der Waals surface area contributed by atoms with Crippen molar-refractivity contribution in [1.82, 2.24) is 4.90 Å². The summed E-state index contributed by atoms with van der Waals surface area (Å²) >= 11 is 1.89. The Kier molecular flexibility index (Phi) is 8.90. The summed E-state index contributed by atoms with van der Waals surface area (Å²) in [4.78, 5) is 29.6. The van der Waals surface area contributed by atoms with Gasteiger partial charge >= 0.3 is 12.2 Å². The Morgan fingerprint density at radius 1 is 1.11 bits per heavy atom. The maximum Gasteiger partial charge on any atom is 0.414 e. The van der Waals surface area contributed by atoms with Crippen LogP contribution in [0.3, 0.4) is 0 Å². The molecule has 3 rings (SSSR count). The fourth-order valence-corrected chi connectivity index (χ4v) is 6.04. The van der Waals surface area contributed by atoms with E-state index in [0.717, 1.165) is 31.0 Å². The van der Waals surface area contributed by atoms with Crippen LogP contribution in [0.1, 0.15) is 51.2 Å². The van der Waals surface area contributed by atoms with Gasteiger partial charge in [-0.25, -0.2) is 9.59 Å². The van der Waals surface area contributed by atoms with Crippen molar-refractivity contribution in [3.05, 3.63) is 29.3 Å². The van der Waals surface area contributed by atoms with Crippen molar-refractivity contribution in [2.75, 3.05) is 43.1 Å². The van der Waals surface area contributed by atoms with Gasteiger partial charge in [-0.2, -0.15) is 11.8 Å². The number of thioether (sulfide) groups is 1. The van der Waals surface area contributed by atoms with Crippen molar-refractivity contribution in [3.8, 4) is 0 Å². The summed E-state index contributed by atoms with van der Waals surface area (Å²) in [5.74, 6) is 1.18. The summed E-state index contributed by atoms with van der Waals surface area (Å²) in [5.41, 5.74) is 2.60. The smallest absolute Gasteiger partial charge is 0.414 e. The van der Waals surface area contributed by atoms with Gasteiger partial charge in [-0.1, -0.05) is 31.8 Å². The molecule has 0 bridgehead atoms. The number of benzene rings is 1. The minimum Gasteiger partial charge on any atom is -0.449 e. The molecule has 1 spiro atoms. The first kappa shape index (κ1) is 27.9. The Balaban J connectivity index is 1.81. The summed E-state index contributed by atoms with van der Waals surface area (Å²) in [6.45, 7) is 14.7. The normalized spacial score (nSPS) is 19.9. The van der Waals surface area contributed by atoms with Gasteiger partial charge < -0.3 is 14.4 Å². The third-order valence-electron chi connectivity index (χ3n) is 6.75. The van der Waals surface area contributed by atoms with Crippen LogP contribution in [0.4, 0.5) is 15.3 Å². The van der Waals surface area contributed by atoms with E-state index < -0.39 is 13.7 Å². The number of ether oxygens (including phenoxy) is 2. The van der Waals surface area contributed by atoms with Crippen molar-refractivity contribution in [2.45, 2.75) is 83.2 Å². The molecular weight excluding hydrogens is 476 g/mol. The molecule has 1 fully saturated rings. The average Bonchev–Trinajstić information content (AvgIpc) is 3.32. The van der Waals surface area contributed by atoms with E-state index in [2.05, 4.69) is 44.1 Å². The number of aryl methyl sites for hydroxylation is 1. The van der Waals surface area contributed by atoms with Gasteiger partial charge in [-0.15, -0.1) is 0 Å². The van der Waals surface area contributed by atoms with Crippen LogP contribution in [-0.2, 0) is 21.3 Å². The Bertz CT molecular complexity index is 911. The average molecular weight is 521 g/mol. The van der Waals surface area contributed by atoms with Crippen LogP contribution in [0.2, 0.25) is 25.7 Å². The van der Waals surface area contributed by atoms with E-state index in [1.807, 2.05) is 32.5 Å². The van der Waals surface area contributed by atoms with Crippen LogP contribution in [-0.4, -0.2) is 69.0 Å². The number of carbonyl (C=O) groups is 2. The molecule has 1 atom stereocenters. The summed E-state index contributed by atoms with van der Waals surface area (Å²) in [5, 5.41) is 0. The monoisotopic (exact) mass is 520 g/mol. The van der Waals surface area contributed by atoms with E-state index in [0.29, 0.717) is 26.2 Å². The van der Waals surface area contributed by atoms with Gasteiger partial charge in [0, 0.05) is 33.1 Å². The highest BCUT2D eigenvalue weighted by atomic mass is 32.2. The topological polar surface area (TPSA) is 59.1 Å². The number of hydrogen-bond donors (Lipinski definition) is 0. The van der Waals surface area contributed by atoms with Crippen LogP contribution >= 0.6 is 11.8 Å². The third-order valence-corrected chi connectivity index (χ3v) is 9.15. The minimum atomic E-state index is -1.29. The molecule has 2 amide bonds. The van der Waals surface area contributed by atoms with Gasteiger partial charge in [-0.05, 0) is 81.7 Å². The first-order valence-electron chi connectivity index (χ1n) is 12.9. The first-order valence-corrected chi connectivity index (χ1v) is 18.0. The van der Waals surface area contributed by atoms with Crippen LogP contribution in [0.15, 0.2) is 18.2 Å². The fourth-order valence-electron chi connectivity index (χ4n) is 4.84. The Morgan fingerprint density at radius 3 is 2.51 bits per heavy atom. The largest absolute Gasteiger partial charge is 0.449 e. The zero-order chi connectivity index (χ0) is 25.9. The Morgan fingerprint density at radius 2 is 1.86 bits per heavy atom. The third kappa shape index (κ3) is 7.41. The molecule has 196 valence electrons. The molecule has 0 aromatic heterocycles. The van der Waals surface area contributed by atoms with E-state index >= 15 is 0 Å². The van der Waals surface area contributed by atoms with Crippen molar-refractivity contribution in [2.24, 2.45) is 0 Å². The number of anilines is 1. The fraction of sp³-hybridized carbons (Fsp3) is 0.704. The van der Waals surface area contributed by atoms with E-state index in [1.54, 1.807) is 9.80 Å². The summed E-state index contributed by atoms with van der Waals surface area (Å²) in [6.07, 6.45) is 5.79. The lowest BCUT2D eigenvalue weighted by Crippen LogP contribution is -2.41. The number of likely N-dealkylation sites (tertiary alicyclic amines) is 1. The molecule has 1 unspecified atom stereocenters. The lowest BCUT2D eigenvalue weighted by molar-refractivity contribution is 0.0285. The molecule has 2 aliphatic rings. The second-order valence-corrected chi connectivity index (χ2v) is 18.9. The summed E-state index contributed by atoms with van der Waals surface area (Å²) in [7, 11) is -1.29. The van der Waals surface area contributed by atoms with Gasteiger partial charge in [0.2, 0.25) is 0 Å². The first-order chi connectivity index (χ1) is 16.3. The molecular formula is C27H44N2O4SSi. The SMILES string of the molecule is CSCCCCc1ccc2c(c1)C1(CCN(C(=O)OC(C)(C)C)C1)CN2C(=O)OCC[Si](C)(C)C. The number of carbonyl (C=O) groups excluding carboxylic acids is 2. The van der Waals surface area contributed by atoms with Crippen LogP contribution < -0.4 is 4.90 Å². The zero-order valence-electron chi connectivity index (χ0n) is 22.7. The van der Waals surface area contributed by atoms with Crippen LogP contribution in [0.5, 0.6) is 0 Å². The maximum absolute atomic E-state index is 13.2. The zero-order valence-corrected chi connectivity index (χ0v) is 24.6. The maximum atomic E-state index is 13.2. The lowest BCUT2D eigenvalue weighted by atomic mass is 9.81. The number of hydrogen-bond acceptors (Lipinski definition) is 5. The Hall–Kier alpha value is -1.67. The van der Waals surface area contributed by atoms with E-state index in [-0.39, 0.29) is 17.6 Å². The van der Waals surface area contributed by atoms with Crippen LogP contribution in [0.25, 0.3) is 0 Å². The molecule has 1 saturated heterocycles. The van der Waals surface area contributed by atoms with Crippen LogP contribution in [0, 0.1) is 0 Å². The van der Waals surface area contributed by atoms with Gasteiger partial charge in [0.1, 0.15) is 5.60 Å². The molecule has 0 radical (unpaired) electrons. The standard InChI is InChI=1S/C27H44N2O4SSi/c1-26(2,3)33-24(30)28-14-13-27(19-28)20-29(25(31)32-15-17-35(5,6)7)23-12-11-21(18-22(23)27)10-8-9-16-34-4/h11-12,18H,8-10,13-17,19-20H2,1-7H3. The van der Waals surface area contributed by atoms with Crippen molar-refractivity contribution in [1.29, 1.82) is 0 Å². The molecule has 8 heteroatoms. The molecule has 6 nitrogen and oxygen atoms in total. The predicted octanol–water partition coefficient (Wildman–Crippen LogP) is 6.55. The van der Waals surface area contributed by atoms with Crippen molar-refractivity contribution >= 4 is 37.7 Å². The van der Waals surface area contributed by atoms with E-state index in [1.165, 1.54) is 23.3 Å². The van der Waals surface area contributed by atoms with Crippen molar-refractivity contribution < 1.29 is 19.1 Å². The molecule has 1 aromatic carbocycles. The van der Waals surface area contributed by atoms with Gasteiger partial charge in [0.15, 0.2) is 0 Å². The highest BCUT2D eigenvalue weighted by Gasteiger charge is 2.50. The second-order valence-electron chi connectivity index (χ2n) is 12.2. The number of rotatable bonds is 8. The highest BCUT2D eigenvalue weighted by Crippen LogP contribution is 2.47. The lowest BCUT2D eigenvalue weighted by Gasteiger charge is -2.27. The number of fused-ring (bicyclic) bond motifs is 2. The van der Waals surface area contributed by atoms with Gasteiger partial charge in [0.25, 0.3) is 0 Å². The van der Waals surface area contributed by atoms with E-state index in [4.69, 9.17) is 9.47 Å². The highest BCUT2D eigenvalue weighted by molar-refractivity contribution is 7.98. The van der Waals surface area contributed by atoms with E-state index in [9.17, 15) is 9.59 Å². The summed E-state index contributed by atoms with van der Waals surface area (Å²) < 4.78 is 11.4. The molecule has 1 aromatic rings. The molecule has 0 N–H and O–H groups in total. The van der Waals surface area contributed by atoms with Gasteiger partial charge in [0.05, 0.1) is 12.3 Å². The summed E-state index contributed by atoms with van der Waals surface area (Å²) in [6, 6.07) is 7.47. The molecule has 0 aliphatic carbocycles. The second kappa shape index (κ2) is 11.2. The molecule has 2 aliphatic heterocycles. The minimum absolute atomic E-state index is 0.273. The van der Waals surface area contributed by atoms with Crippen molar-refractivity contribution in [3.63, 3.8) is 0 Å². The number of unbranched alkanes of at least 4 members (excludes halogenated alkanes) is 1.